The number of hydrogen-bond donors (Lipinski definition) is 2. The van der Waals surface area contributed by atoms with Gasteiger partial charge in [0.2, 0.25) is 5.91 Å². The van der Waals surface area contributed by atoms with Crippen molar-refractivity contribution in [1.29, 1.82) is 0 Å². The van der Waals surface area contributed by atoms with Crippen LogP contribution in [0.4, 0.5) is 0 Å². The summed E-state index contributed by atoms with van der Waals surface area (Å²) in [5.74, 6) is -1.24. The van der Waals surface area contributed by atoms with Gasteiger partial charge in [0, 0.05) is 18.8 Å². The molecule has 5 heteroatoms. The molecule has 4 atom stereocenters. The lowest BCUT2D eigenvalue weighted by Gasteiger charge is -2.22. The summed E-state index contributed by atoms with van der Waals surface area (Å²) in [4.78, 5) is 35.5. The Kier molecular flexibility index (Phi) is 8.00. The molecule has 0 saturated heterocycles. The van der Waals surface area contributed by atoms with Gasteiger partial charge in [-0.3, -0.25) is 9.59 Å². The Morgan fingerprint density at radius 2 is 2.04 bits per heavy atom. The Morgan fingerprint density at radius 1 is 1.35 bits per heavy atom. The van der Waals surface area contributed by atoms with Crippen molar-refractivity contribution >= 4 is 17.7 Å². The average molecular weight is 323 g/mol. The van der Waals surface area contributed by atoms with Gasteiger partial charge >= 0.3 is 5.97 Å². The zero-order valence-corrected chi connectivity index (χ0v) is 14.4. The highest BCUT2D eigenvalue weighted by Crippen LogP contribution is 2.34. The van der Waals surface area contributed by atoms with E-state index in [-0.39, 0.29) is 35.9 Å². The van der Waals surface area contributed by atoms with E-state index in [1.807, 2.05) is 32.9 Å². The Balaban J connectivity index is 2.62. The second kappa shape index (κ2) is 9.48. The Bertz CT molecular complexity index is 458. The predicted molar refractivity (Wildman–Crippen MR) is 88.9 cm³/mol. The number of rotatable bonds is 9. The van der Waals surface area contributed by atoms with Crippen LogP contribution >= 0.6 is 0 Å². The predicted octanol–water partition coefficient (Wildman–Crippen LogP) is 2.94. The largest absolute Gasteiger partial charge is 0.480 e. The second-order valence-electron chi connectivity index (χ2n) is 6.46. The van der Waals surface area contributed by atoms with Crippen LogP contribution in [0.25, 0.3) is 0 Å². The number of carboxylic acid groups (broad SMARTS) is 1. The molecule has 1 rings (SSSR count). The molecule has 1 aliphatic carbocycles. The number of nitrogens with one attached hydrogen (secondary N) is 1. The average Bonchev–Trinajstić information content (AvgIpc) is 2.84. The molecule has 1 aliphatic rings. The van der Waals surface area contributed by atoms with Gasteiger partial charge in [-0.1, -0.05) is 39.3 Å². The van der Waals surface area contributed by atoms with Gasteiger partial charge in [-0.15, -0.1) is 0 Å². The first kappa shape index (κ1) is 19.4. The first-order chi connectivity index (χ1) is 10.9. The van der Waals surface area contributed by atoms with Crippen LogP contribution < -0.4 is 5.32 Å². The lowest BCUT2D eigenvalue weighted by molar-refractivity contribution is -0.143. The highest BCUT2D eigenvalue weighted by atomic mass is 16.4. The van der Waals surface area contributed by atoms with Crippen LogP contribution in [0.3, 0.4) is 0 Å². The van der Waals surface area contributed by atoms with Gasteiger partial charge in [-0.05, 0) is 31.1 Å². The summed E-state index contributed by atoms with van der Waals surface area (Å²) in [6.45, 7) is 5.76. The van der Waals surface area contributed by atoms with E-state index in [1.165, 1.54) is 0 Å². The van der Waals surface area contributed by atoms with Crippen LogP contribution in [0.5, 0.6) is 0 Å². The SMILES string of the molecule is CC/C=C\C[C@@H]1C(=O)CC[C@@H]1CC(=O)N[C@@H](C(=O)O)[C@@H](C)CC. The third kappa shape index (κ3) is 5.81. The minimum Gasteiger partial charge on any atom is -0.480 e. The molecule has 1 amide bonds. The number of allylic oxidation sites excluding steroid dienone is 2. The van der Waals surface area contributed by atoms with E-state index < -0.39 is 12.0 Å². The topological polar surface area (TPSA) is 83.5 Å². The van der Waals surface area contributed by atoms with Gasteiger partial charge in [0.1, 0.15) is 11.8 Å². The summed E-state index contributed by atoms with van der Waals surface area (Å²) in [6, 6.07) is -0.858. The number of carboxylic acids is 1. The molecule has 0 aromatic heterocycles. The van der Waals surface area contributed by atoms with Crippen LogP contribution in [0.15, 0.2) is 12.2 Å². The van der Waals surface area contributed by atoms with Gasteiger partial charge in [0.15, 0.2) is 0 Å². The fourth-order valence-electron chi connectivity index (χ4n) is 3.11. The summed E-state index contributed by atoms with van der Waals surface area (Å²) in [5, 5.41) is 11.9. The minimum absolute atomic E-state index is 0.0235. The number of Topliss-reactive ketones (excluding diaryl/α,β-unsaturated/α-hetero) is 1. The smallest absolute Gasteiger partial charge is 0.326 e. The Hall–Kier alpha value is -1.65. The molecular weight excluding hydrogens is 294 g/mol. The van der Waals surface area contributed by atoms with Crippen molar-refractivity contribution in [1.82, 2.24) is 5.32 Å². The maximum Gasteiger partial charge on any atom is 0.326 e. The van der Waals surface area contributed by atoms with E-state index in [0.717, 1.165) is 12.8 Å². The molecular formula is C18H29NO4. The molecule has 130 valence electrons. The summed E-state index contributed by atoms with van der Waals surface area (Å²) in [6.07, 6.45) is 7.82. The molecule has 2 N–H and O–H groups in total. The van der Waals surface area contributed by atoms with Crippen LogP contribution in [0.1, 0.15) is 59.3 Å². The zero-order chi connectivity index (χ0) is 17.4. The van der Waals surface area contributed by atoms with E-state index >= 15 is 0 Å². The van der Waals surface area contributed by atoms with Gasteiger partial charge in [-0.25, -0.2) is 4.79 Å². The molecule has 0 aromatic rings. The van der Waals surface area contributed by atoms with Crippen LogP contribution in [0.2, 0.25) is 0 Å². The number of aliphatic carboxylic acids is 1. The Morgan fingerprint density at radius 3 is 2.61 bits per heavy atom. The number of carbonyl (C=O) groups excluding carboxylic acids is 2. The lowest BCUT2D eigenvalue weighted by Crippen LogP contribution is -2.45. The quantitative estimate of drug-likeness (QED) is 0.639. The highest BCUT2D eigenvalue weighted by Gasteiger charge is 2.35. The van der Waals surface area contributed by atoms with Crippen molar-refractivity contribution < 1.29 is 19.5 Å². The van der Waals surface area contributed by atoms with E-state index in [4.69, 9.17) is 0 Å². The number of ketones is 1. The second-order valence-corrected chi connectivity index (χ2v) is 6.46. The fourth-order valence-corrected chi connectivity index (χ4v) is 3.11. The molecule has 0 aliphatic heterocycles. The van der Waals surface area contributed by atoms with Crippen LogP contribution in [-0.2, 0) is 14.4 Å². The number of hydrogen-bond acceptors (Lipinski definition) is 3. The van der Waals surface area contributed by atoms with E-state index in [0.29, 0.717) is 19.3 Å². The molecule has 1 saturated carbocycles. The summed E-state index contributed by atoms with van der Waals surface area (Å²) in [7, 11) is 0. The molecule has 0 heterocycles. The monoisotopic (exact) mass is 323 g/mol. The van der Waals surface area contributed by atoms with Crippen molar-refractivity contribution in [3.8, 4) is 0 Å². The molecule has 0 aromatic carbocycles. The van der Waals surface area contributed by atoms with Gasteiger partial charge < -0.3 is 10.4 Å². The van der Waals surface area contributed by atoms with E-state index in [2.05, 4.69) is 5.32 Å². The number of amides is 1. The normalized spacial score (nSPS) is 23.9. The third-order valence-electron chi connectivity index (χ3n) is 4.78. The summed E-state index contributed by atoms with van der Waals surface area (Å²) < 4.78 is 0. The van der Waals surface area contributed by atoms with Gasteiger partial charge in [0.05, 0.1) is 0 Å². The third-order valence-corrected chi connectivity index (χ3v) is 4.78. The van der Waals surface area contributed by atoms with E-state index in [9.17, 15) is 19.5 Å². The fraction of sp³-hybridized carbons (Fsp3) is 0.722. The van der Waals surface area contributed by atoms with Gasteiger partial charge in [-0.2, -0.15) is 0 Å². The molecule has 23 heavy (non-hydrogen) atoms. The summed E-state index contributed by atoms with van der Waals surface area (Å²) >= 11 is 0. The molecule has 5 nitrogen and oxygen atoms in total. The summed E-state index contributed by atoms with van der Waals surface area (Å²) in [5.41, 5.74) is 0. The van der Waals surface area contributed by atoms with Crippen LogP contribution in [-0.4, -0.2) is 28.8 Å². The molecule has 0 spiro atoms. The maximum atomic E-state index is 12.2. The van der Waals surface area contributed by atoms with Crippen molar-refractivity contribution in [2.24, 2.45) is 17.8 Å². The molecule has 0 radical (unpaired) electrons. The van der Waals surface area contributed by atoms with Crippen molar-refractivity contribution in [2.75, 3.05) is 0 Å². The van der Waals surface area contributed by atoms with Gasteiger partial charge in [0.25, 0.3) is 0 Å². The zero-order valence-electron chi connectivity index (χ0n) is 14.4. The maximum absolute atomic E-state index is 12.2. The first-order valence-corrected chi connectivity index (χ1v) is 8.60. The molecule has 1 fully saturated rings. The van der Waals surface area contributed by atoms with Crippen LogP contribution in [0, 0.1) is 17.8 Å². The van der Waals surface area contributed by atoms with Crippen molar-refractivity contribution in [2.45, 2.75) is 65.3 Å². The standard InChI is InChI=1S/C18H29NO4/c1-4-6-7-8-14-13(9-10-15(14)20)11-16(21)19-17(18(22)23)12(3)5-2/h6-7,12-14,17H,4-5,8-11H2,1-3H3,(H,19,21)(H,22,23)/b7-6-/t12-,13+,14-,17+/m0/s1. The first-order valence-electron chi connectivity index (χ1n) is 8.60. The highest BCUT2D eigenvalue weighted by molar-refractivity contribution is 5.87. The van der Waals surface area contributed by atoms with Crippen molar-refractivity contribution in [3.63, 3.8) is 0 Å². The molecule has 0 bridgehead atoms. The molecule has 0 unspecified atom stereocenters. The number of carbonyl (C=O) groups is 3. The van der Waals surface area contributed by atoms with Crippen molar-refractivity contribution in [3.05, 3.63) is 12.2 Å². The Labute approximate surface area is 138 Å². The van der Waals surface area contributed by atoms with E-state index in [1.54, 1.807) is 0 Å². The minimum atomic E-state index is -1.00. The lowest BCUT2D eigenvalue weighted by atomic mass is 9.89.